The van der Waals surface area contributed by atoms with E-state index in [4.69, 9.17) is 5.73 Å². The van der Waals surface area contributed by atoms with Crippen LogP contribution in [-0.4, -0.2) is 60.3 Å². The summed E-state index contributed by atoms with van der Waals surface area (Å²) in [6, 6.07) is 5.80. The predicted molar refractivity (Wildman–Crippen MR) is 128 cm³/mol. The topological polar surface area (TPSA) is 148 Å². The Kier molecular flexibility index (Phi) is 8.05. The number of amides is 2. The molecular formula is C22H30N6O5S. The van der Waals surface area contributed by atoms with Crippen molar-refractivity contribution >= 4 is 33.3 Å². The van der Waals surface area contributed by atoms with Gasteiger partial charge in [-0.3, -0.25) is 14.4 Å². The number of rotatable bonds is 9. The summed E-state index contributed by atoms with van der Waals surface area (Å²) in [5, 5.41) is 2.66. The van der Waals surface area contributed by atoms with Crippen molar-refractivity contribution in [2.24, 2.45) is 11.7 Å². The van der Waals surface area contributed by atoms with Crippen molar-refractivity contribution in [1.29, 1.82) is 0 Å². The van der Waals surface area contributed by atoms with Gasteiger partial charge in [0, 0.05) is 38.4 Å². The number of pyridine rings is 2. The van der Waals surface area contributed by atoms with E-state index in [2.05, 4.69) is 10.3 Å². The Balaban J connectivity index is 1.68. The third kappa shape index (κ3) is 5.81. The third-order valence-corrected chi connectivity index (χ3v) is 7.83. The Morgan fingerprint density at radius 1 is 1.21 bits per heavy atom. The first kappa shape index (κ1) is 25.4. The minimum atomic E-state index is -3.76. The minimum Gasteiger partial charge on any atom is -0.369 e. The molecule has 0 saturated carbocycles. The highest BCUT2D eigenvalue weighted by molar-refractivity contribution is 7.89. The molecule has 184 valence electrons. The molecule has 34 heavy (non-hydrogen) atoms. The predicted octanol–water partition coefficient (Wildman–Crippen LogP) is 0.614. The molecule has 1 saturated heterocycles. The van der Waals surface area contributed by atoms with Gasteiger partial charge in [-0.05, 0) is 31.0 Å². The number of anilines is 2. The van der Waals surface area contributed by atoms with Crippen molar-refractivity contribution < 1.29 is 18.0 Å². The average molecular weight is 491 g/mol. The van der Waals surface area contributed by atoms with Gasteiger partial charge in [0.25, 0.3) is 5.56 Å². The lowest BCUT2D eigenvalue weighted by Gasteiger charge is -2.32. The molecule has 1 aliphatic rings. The van der Waals surface area contributed by atoms with Crippen LogP contribution in [0.1, 0.15) is 26.7 Å². The fraction of sp³-hybridized carbons (Fsp3) is 0.455. The van der Waals surface area contributed by atoms with E-state index < -0.39 is 21.5 Å². The van der Waals surface area contributed by atoms with E-state index in [0.717, 1.165) is 30.0 Å². The van der Waals surface area contributed by atoms with Crippen molar-refractivity contribution in [3.05, 3.63) is 47.0 Å². The minimum absolute atomic E-state index is 0.0505. The first-order chi connectivity index (χ1) is 16.1. The van der Waals surface area contributed by atoms with Gasteiger partial charge in [-0.1, -0.05) is 13.8 Å². The molecule has 3 heterocycles. The second-order valence-corrected chi connectivity index (χ2v) is 10.00. The maximum atomic E-state index is 12.7. The number of piperidine rings is 1. The van der Waals surface area contributed by atoms with Gasteiger partial charge >= 0.3 is 0 Å². The van der Waals surface area contributed by atoms with Gasteiger partial charge < -0.3 is 20.5 Å². The third-order valence-electron chi connectivity index (χ3n) is 5.79. The van der Waals surface area contributed by atoms with Crippen LogP contribution in [-0.2, 0) is 26.2 Å². The lowest BCUT2D eigenvalue weighted by atomic mass is 9.97. The maximum Gasteiger partial charge on any atom is 0.251 e. The van der Waals surface area contributed by atoms with Crippen LogP contribution < -0.4 is 21.5 Å². The van der Waals surface area contributed by atoms with Crippen LogP contribution in [0.2, 0.25) is 0 Å². The number of aromatic nitrogens is 2. The molecule has 0 aliphatic carbocycles. The van der Waals surface area contributed by atoms with Crippen LogP contribution in [0.25, 0.3) is 0 Å². The van der Waals surface area contributed by atoms with Crippen molar-refractivity contribution in [1.82, 2.24) is 13.9 Å². The van der Waals surface area contributed by atoms with Gasteiger partial charge in [0.1, 0.15) is 12.4 Å². The van der Waals surface area contributed by atoms with Gasteiger partial charge in [-0.25, -0.2) is 13.4 Å². The summed E-state index contributed by atoms with van der Waals surface area (Å²) in [5.74, 6) is -0.359. The number of nitrogens with one attached hydrogen (secondary N) is 1. The van der Waals surface area contributed by atoms with E-state index in [1.165, 1.54) is 22.8 Å². The van der Waals surface area contributed by atoms with Crippen molar-refractivity contribution in [3.8, 4) is 0 Å². The molecule has 0 radical (unpaired) electrons. The summed E-state index contributed by atoms with van der Waals surface area (Å²) in [5.41, 5.74) is 5.37. The summed E-state index contributed by atoms with van der Waals surface area (Å²) in [6.07, 6.45) is 4.27. The molecule has 2 aromatic heterocycles. The first-order valence-electron chi connectivity index (χ1n) is 11.2. The fourth-order valence-electron chi connectivity index (χ4n) is 3.92. The molecular weight excluding hydrogens is 460 g/mol. The average Bonchev–Trinajstić information content (AvgIpc) is 2.81. The molecule has 3 rings (SSSR count). The zero-order valence-electron chi connectivity index (χ0n) is 19.3. The Morgan fingerprint density at radius 2 is 1.94 bits per heavy atom. The van der Waals surface area contributed by atoms with Crippen LogP contribution in [0, 0.1) is 5.92 Å². The number of hydrogen-bond acceptors (Lipinski definition) is 7. The number of carbonyl (C=O) groups is 2. The van der Waals surface area contributed by atoms with Crippen molar-refractivity contribution in [2.45, 2.75) is 38.1 Å². The lowest BCUT2D eigenvalue weighted by Crippen LogP contribution is -2.41. The highest BCUT2D eigenvalue weighted by atomic mass is 32.2. The van der Waals surface area contributed by atoms with Gasteiger partial charge in [-0.2, -0.15) is 4.31 Å². The fourth-order valence-corrected chi connectivity index (χ4v) is 5.40. The summed E-state index contributed by atoms with van der Waals surface area (Å²) < 4.78 is 27.8. The highest BCUT2D eigenvalue weighted by Crippen LogP contribution is 2.22. The van der Waals surface area contributed by atoms with E-state index in [9.17, 15) is 22.8 Å². The number of sulfonamides is 1. The lowest BCUT2D eigenvalue weighted by molar-refractivity contribution is -0.122. The van der Waals surface area contributed by atoms with Gasteiger partial charge in [-0.15, -0.1) is 0 Å². The molecule has 1 aliphatic heterocycles. The normalized spacial score (nSPS) is 16.4. The SMILES string of the molecule is CCN(CC)S(=O)(=O)c1ccc(=O)n(CC(=O)Nc2ccc(N3CCCC(C(N)=O)C3)nc2)c1. The van der Waals surface area contributed by atoms with E-state index >= 15 is 0 Å². The van der Waals surface area contributed by atoms with Gasteiger partial charge in [0.15, 0.2) is 0 Å². The zero-order chi connectivity index (χ0) is 24.9. The molecule has 2 aromatic rings. The molecule has 0 aromatic carbocycles. The van der Waals surface area contributed by atoms with E-state index in [1.807, 2.05) is 4.90 Å². The Hall–Kier alpha value is -3.25. The van der Waals surface area contributed by atoms with E-state index in [0.29, 0.717) is 31.1 Å². The molecule has 1 unspecified atom stereocenters. The smallest absolute Gasteiger partial charge is 0.251 e. The number of nitrogens with zero attached hydrogens (tertiary/aromatic N) is 4. The number of primary amides is 1. The number of hydrogen-bond donors (Lipinski definition) is 2. The molecule has 1 fully saturated rings. The van der Waals surface area contributed by atoms with E-state index in [1.54, 1.807) is 26.0 Å². The van der Waals surface area contributed by atoms with Crippen LogP contribution in [0.3, 0.4) is 0 Å². The Labute approximate surface area is 198 Å². The molecule has 12 heteroatoms. The summed E-state index contributed by atoms with van der Waals surface area (Å²) >= 11 is 0. The highest BCUT2D eigenvalue weighted by Gasteiger charge is 2.25. The molecule has 11 nitrogen and oxygen atoms in total. The Morgan fingerprint density at radius 3 is 2.56 bits per heavy atom. The maximum absolute atomic E-state index is 12.7. The van der Waals surface area contributed by atoms with Crippen LogP contribution in [0.15, 0.2) is 46.3 Å². The van der Waals surface area contributed by atoms with Crippen LogP contribution >= 0.6 is 0 Å². The molecule has 1 atom stereocenters. The van der Waals surface area contributed by atoms with Crippen LogP contribution in [0.4, 0.5) is 11.5 Å². The van der Waals surface area contributed by atoms with Crippen LogP contribution in [0.5, 0.6) is 0 Å². The van der Waals surface area contributed by atoms with Gasteiger partial charge in [0.05, 0.1) is 22.7 Å². The molecule has 0 bridgehead atoms. The summed E-state index contributed by atoms with van der Waals surface area (Å²) in [6.45, 7) is 4.96. The molecule has 3 N–H and O–H groups in total. The Bertz CT molecular complexity index is 1190. The van der Waals surface area contributed by atoms with Crippen molar-refractivity contribution in [2.75, 3.05) is 36.4 Å². The standard InChI is InChI=1S/C22H30N6O5S/c1-3-28(4-2)34(32,33)18-8-10-21(30)27(14-18)15-20(29)25-17-7-9-19(24-12-17)26-11-5-6-16(13-26)22(23)31/h7-10,12,14,16H,3-6,11,13,15H2,1-2H3,(H2,23,31)(H,25,29). The summed E-state index contributed by atoms with van der Waals surface area (Å²) in [4.78, 5) is 42.5. The molecule has 0 spiro atoms. The number of nitrogens with two attached hydrogens (primary N) is 1. The summed E-state index contributed by atoms with van der Waals surface area (Å²) in [7, 11) is -3.76. The van der Waals surface area contributed by atoms with Crippen molar-refractivity contribution in [3.63, 3.8) is 0 Å². The zero-order valence-corrected chi connectivity index (χ0v) is 20.1. The quantitative estimate of drug-likeness (QED) is 0.523. The number of carbonyl (C=O) groups excluding carboxylic acids is 2. The van der Waals surface area contributed by atoms with E-state index in [-0.39, 0.29) is 23.3 Å². The largest absolute Gasteiger partial charge is 0.369 e. The van der Waals surface area contributed by atoms with Gasteiger partial charge in [0.2, 0.25) is 21.8 Å². The second kappa shape index (κ2) is 10.8. The molecule has 2 amide bonds. The first-order valence-corrected chi connectivity index (χ1v) is 12.6. The monoisotopic (exact) mass is 490 g/mol. The second-order valence-electron chi connectivity index (χ2n) is 8.06.